The van der Waals surface area contributed by atoms with Gasteiger partial charge in [-0.2, -0.15) is 13.2 Å². The van der Waals surface area contributed by atoms with Gasteiger partial charge < -0.3 is 19.9 Å². The van der Waals surface area contributed by atoms with Gasteiger partial charge >= 0.3 is 12.2 Å². The van der Waals surface area contributed by atoms with Crippen molar-refractivity contribution in [2.45, 2.75) is 45.1 Å². The molecule has 180 valence electrons. The first-order valence-electron chi connectivity index (χ1n) is 10.5. The summed E-state index contributed by atoms with van der Waals surface area (Å²) >= 11 is 5.97. The number of nitrogens with one attached hydrogen (secondary N) is 1. The fourth-order valence-electron chi connectivity index (χ4n) is 3.93. The lowest BCUT2D eigenvalue weighted by Crippen LogP contribution is -2.36. The third kappa shape index (κ3) is 5.00. The fourth-order valence-corrected chi connectivity index (χ4v) is 4.06. The van der Waals surface area contributed by atoms with Crippen LogP contribution in [0.4, 0.5) is 23.7 Å². The van der Waals surface area contributed by atoms with E-state index in [0.717, 1.165) is 17.7 Å². The highest BCUT2D eigenvalue weighted by molar-refractivity contribution is 6.30. The maximum Gasteiger partial charge on any atom is 0.433 e. The number of rotatable bonds is 4. The summed E-state index contributed by atoms with van der Waals surface area (Å²) in [5.74, 6) is 1.14. The van der Waals surface area contributed by atoms with Crippen molar-refractivity contribution < 1.29 is 23.1 Å². The smallest absolute Gasteiger partial charge is 0.391 e. The van der Waals surface area contributed by atoms with Crippen molar-refractivity contribution in [2.24, 2.45) is 0 Å². The number of alkyl halides is 3. The van der Waals surface area contributed by atoms with Crippen LogP contribution in [-0.4, -0.2) is 48.4 Å². The van der Waals surface area contributed by atoms with Crippen molar-refractivity contribution in [1.82, 2.24) is 24.6 Å². The Hall–Kier alpha value is -3.18. The molecule has 1 saturated heterocycles. The second-order valence-electron chi connectivity index (χ2n) is 8.13. The summed E-state index contributed by atoms with van der Waals surface area (Å²) in [7, 11) is 0. The van der Waals surface area contributed by atoms with E-state index in [0.29, 0.717) is 23.2 Å². The number of amides is 2. The number of aryl methyl sites for hydroxylation is 2. The number of benzene rings is 1. The molecule has 2 aromatic heterocycles. The molecule has 0 bridgehead atoms. The highest BCUT2D eigenvalue weighted by Gasteiger charge is 2.39. The van der Waals surface area contributed by atoms with E-state index in [-0.39, 0.29) is 24.3 Å². The van der Waals surface area contributed by atoms with E-state index in [2.05, 4.69) is 20.5 Å². The van der Waals surface area contributed by atoms with Gasteiger partial charge in [0, 0.05) is 18.0 Å². The van der Waals surface area contributed by atoms with E-state index in [1.807, 2.05) is 16.7 Å². The minimum atomic E-state index is -4.58. The van der Waals surface area contributed by atoms with Crippen molar-refractivity contribution in [1.29, 1.82) is 0 Å². The number of aliphatic hydroxyl groups is 1. The Morgan fingerprint density at radius 2 is 1.88 bits per heavy atom. The minimum absolute atomic E-state index is 0.0289. The van der Waals surface area contributed by atoms with E-state index in [4.69, 9.17) is 11.6 Å². The number of halogens is 4. The van der Waals surface area contributed by atoms with Crippen LogP contribution in [-0.2, 0) is 12.7 Å². The third-order valence-corrected chi connectivity index (χ3v) is 5.93. The zero-order valence-electron chi connectivity index (χ0n) is 18.3. The van der Waals surface area contributed by atoms with E-state index < -0.39 is 30.0 Å². The molecular formula is C22H22ClF3N6O2. The number of aliphatic hydroxyl groups excluding tert-OH is 1. The molecule has 1 aliphatic heterocycles. The average molecular weight is 495 g/mol. The number of carbonyl (C=O) groups excluding carboxylic acids is 1. The summed E-state index contributed by atoms with van der Waals surface area (Å²) in [6.45, 7) is 3.65. The topological polar surface area (TPSA) is 96.2 Å². The number of carbonyl (C=O) groups is 1. The zero-order chi connectivity index (χ0) is 24.6. The molecule has 1 aromatic carbocycles. The molecule has 8 nitrogen and oxygen atoms in total. The Kier molecular flexibility index (Phi) is 6.50. The molecule has 3 aromatic rings. The van der Waals surface area contributed by atoms with Crippen LogP contribution in [0.3, 0.4) is 0 Å². The van der Waals surface area contributed by atoms with Gasteiger partial charge in [0.05, 0.1) is 30.1 Å². The highest BCUT2D eigenvalue weighted by Crippen LogP contribution is 2.33. The minimum Gasteiger partial charge on any atom is -0.391 e. The third-order valence-electron chi connectivity index (χ3n) is 5.67. The molecule has 0 unspecified atom stereocenters. The predicted molar refractivity (Wildman–Crippen MR) is 118 cm³/mol. The number of hydrogen-bond donors (Lipinski definition) is 2. The number of nitrogens with zero attached hydrogens (tertiary/aromatic N) is 5. The van der Waals surface area contributed by atoms with Gasteiger partial charge in [-0.15, -0.1) is 10.2 Å². The van der Waals surface area contributed by atoms with Gasteiger partial charge in [-0.05, 0) is 43.7 Å². The predicted octanol–water partition coefficient (Wildman–Crippen LogP) is 4.35. The lowest BCUT2D eigenvalue weighted by molar-refractivity contribution is -0.141. The van der Waals surface area contributed by atoms with Crippen LogP contribution in [0.1, 0.15) is 41.1 Å². The lowest BCUT2D eigenvalue weighted by atomic mass is 10.1. The van der Waals surface area contributed by atoms with Crippen molar-refractivity contribution in [3.63, 3.8) is 0 Å². The van der Waals surface area contributed by atoms with Crippen LogP contribution in [0, 0.1) is 13.8 Å². The number of aromatic nitrogens is 4. The number of anilines is 1. The van der Waals surface area contributed by atoms with E-state index in [1.165, 1.54) is 11.8 Å². The first-order chi connectivity index (χ1) is 16.0. The monoisotopic (exact) mass is 494 g/mol. The molecule has 2 amide bonds. The molecule has 0 spiro atoms. The first-order valence-corrected chi connectivity index (χ1v) is 10.9. The molecule has 0 aliphatic carbocycles. The summed E-state index contributed by atoms with van der Waals surface area (Å²) in [6, 6.07) is 8.12. The quantitative estimate of drug-likeness (QED) is 0.562. The molecule has 1 aliphatic rings. The molecule has 34 heavy (non-hydrogen) atoms. The van der Waals surface area contributed by atoms with Crippen molar-refractivity contribution >= 4 is 23.3 Å². The lowest BCUT2D eigenvalue weighted by Gasteiger charge is -2.25. The number of likely N-dealkylation sites (tertiary alicyclic amines) is 1. The molecule has 2 N–H and O–H groups in total. The first kappa shape index (κ1) is 24.0. The van der Waals surface area contributed by atoms with Crippen LogP contribution in [0.15, 0.2) is 36.4 Å². The molecule has 3 heterocycles. The number of β-amino-alcohol motifs (C(OH)–C–C–N with tert-alkyl or cyclic N) is 1. The van der Waals surface area contributed by atoms with Crippen LogP contribution in [0.2, 0.25) is 5.02 Å². The maximum absolute atomic E-state index is 13.1. The van der Waals surface area contributed by atoms with E-state index in [1.54, 1.807) is 19.1 Å². The SMILES string of the molecule is Cc1nc(C(F)(F)F)ccc1NC(=O)N1C[C@H](O)C[C@@H]1c1nnc(C)n1Cc1ccc(Cl)cc1. The largest absolute Gasteiger partial charge is 0.433 e. The van der Waals surface area contributed by atoms with Crippen molar-refractivity contribution in [3.8, 4) is 0 Å². The zero-order valence-corrected chi connectivity index (χ0v) is 19.1. The van der Waals surface area contributed by atoms with Crippen molar-refractivity contribution in [3.05, 3.63) is 70.0 Å². The van der Waals surface area contributed by atoms with Gasteiger partial charge in [0.15, 0.2) is 5.82 Å². The standard InChI is InChI=1S/C22H22ClF3N6O2/c1-12-17(7-8-19(27-12)22(24,25)26)28-21(34)32-11-16(33)9-18(32)20-30-29-13(2)31(20)10-14-3-5-15(23)6-4-14/h3-8,16,18,33H,9-11H2,1-2H3,(H,28,34)/t16-,18-/m1/s1. The van der Waals surface area contributed by atoms with Gasteiger partial charge in [-0.1, -0.05) is 23.7 Å². The second-order valence-corrected chi connectivity index (χ2v) is 8.57. The Bertz CT molecular complexity index is 1200. The molecule has 12 heteroatoms. The highest BCUT2D eigenvalue weighted by atomic mass is 35.5. The summed E-state index contributed by atoms with van der Waals surface area (Å²) in [5.41, 5.74) is 0.0935. The van der Waals surface area contributed by atoms with Crippen LogP contribution >= 0.6 is 11.6 Å². The summed E-state index contributed by atoms with van der Waals surface area (Å²) in [5, 5.41) is 21.9. The molecule has 2 atom stereocenters. The number of hydrogen-bond acceptors (Lipinski definition) is 5. The fraction of sp³-hybridized carbons (Fsp3) is 0.364. The number of urea groups is 1. The van der Waals surface area contributed by atoms with Crippen molar-refractivity contribution in [2.75, 3.05) is 11.9 Å². The summed E-state index contributed by atoms with van der Waals surface area (Å²) < 4.78 is 40.6. The van der Waals surface area contributed by atoms with Gasteiger partial charge in [-0.25, -0.2) is 9.78 Å². The Morgan fingerprint density at radius 3 is 2.53 bits per heavy atom. The molecule has 1 fully saturated rings. The van der Waals surface area contributed by atoms with E-state index >= 15 is 0 Å². The normalized spacial score (nSPS) is 18.4. The average Bonchev–Trinajstić information content (AvgIpc) is 3.33. The van der Waals surface area contributed by atoms with E-state index in [9.17, 15) is 23.1 Å². The number of pyridine rings is 1. The molecule has 4 rings (SSSR count). The summed E-state index contributed by atoms with van der Waals surface area (Å²) in [6.07, 6.45) is -5.12. The second kappa shape index (κ2) is 9.22. The van der Waals surface area contributed by atoms with Gasteiger partial charge in [0.2, 0.25) is 0 Å². The Balaban J connectivity index is 1.57. The van der Waals surface area contributed by atoms with Gasteiger partial charge in [0.25, 0.3) is 0 Å². The molecule has 0 saturated carbocycles. The summed E-state index contributed by atoms with van der Waals surface area (Å²) in [4.78, 5) is 18.0. The van der Waals surface area contributed by atoms with Crippen LogP contribution in [0.5, 0.6) is 0 Å². The Morgan fingerprint density at radius 1 is 1.18 bits per heavy atom. The maximum atomic E-state index is 13.1. The van der Waals surface area contributed by atoms with Crippen LogP contribution < -0.4 is 5.32 Å². The molecule has 0 radical (unpaired) electrons. The van der Waals surface area contributed by atoms with Gasteiger partial charge in [0.1, 0.15) is 11.5 Å². The van der Waals surface area contributed by atoms with Crippen LogP contribution in [0.25, 0.3) is 0 Å². The Labute approximate surface area is 198 Å². The van der Waals surface area contributed by atoms with Gasteiger partial charge in [-0.3, -0.25) is 0 Å². The molecular weight excluding hydrogens is 473 g/mol.